The third kappa shape index (κ3) is 4.01. The predicted octanol–water partition coefficient (Wildman–Crippen LogP) is 6.16. The summed E-state index contributed by atoms with van der Waals surface area (Å²) in [5.41, 5.74) is 10.1. The van der Waals surface area contributed by atoms with Crippen LogP contribution in [0.3, 0.4) is 0 Å². The van der Waals surface area contributed by atoms with Crippen molar-refractivity contribution in [3.05, 3.63) is 82.9 Å². The molecule has 0 aliphatic carbocycles. The number of aryl methyl sites for hydroxylation is 2. The van der Waals surface area contributed by atoms with E-state index in [2.05, 4.69) is 50.2 Å². The number of para-hydroxylation sites is 2. The summed E-state index contributed by atoms with van der Waals surface area (Å²) in [4.78, 5) is 9.69. The Morgan fingerprint density at radius 1 is 0.593 bits per heavy atom. The SMILES string of the molecule is CC1=Nc2ccccc2N=C(C)c2[c-]c(cc(C)c2)-c2[c-]c1cc(C)c2.[Pt+2]. The molecule has 1 aliphatic heterocycles. The van der Waals surface area contributed by atoms with Gasteiger partial charge in [-0.05, 0) is 37.4 Å². The van der Waals surface area contributed by atoms with E-state index in [1.54, 1.807) is 0 Å². The first-order valence-electron chi connectivity index (χ1n) is 8.78. The molecule has 0 N–H and O–H groups in total. The summed E-state index contributed by atoms with van der Waals surface area (Å²) in [6.07, 6.45) is 0. The van der Waals surface area contributed by atoms with Crippen molar-refractivity contribution in [1.82, 2.24) is 0 Å². The number of rotatable bonds is 0. The summed E-state index contributed by atoms with van der Waals surface area (Å²) in [5, 5.41) is 0. The standard InChI is InChI=1S/C24H20N2.Pt/c1-15-9-19-13-21(11-15)22-12-16(2)10-20(14-22)18(4)26-24-8-6-5-7-23(24)25-17(19)3;/h5-12H,1-4H3;/q-2;+2. The Balaban J connectivity index is 0.00000210. The van der Waals surface area contributed by atoms with E-state index in [1.807, 2.05) is 38.1 Å². The van der Waals surface area contributed by atoms with Gasteiger partial charge in [-0.25, -0.2) is 0 Å². The first-order chi connectivity index (χ1) is 12.5. The van der Waals surface area contributed by atoms with E-state index in [1.165, 1.54) is 11.1 Å². The fourth-order valence-electron chi connectivity index (χ4n) is 3.24. The Morgan fingerprint density at radius 3 is 1.37 bits per heavy atom. The Kier molecular flexibility index (Phi) is 5.58. The molecule has 0 atom stereocenters. The van der Waals surface area contributed by atoms with Gasteiger partial charge in [0.05, 0.1) is 11.4 Å². The van der Waals surface area contributed by atoms with Crippen LogP contribution in [0.5, 0.6) is 0 Å². The first kappa shape index (κ1) is 19.4. The van der Waals surface area contributed by atoms with E-state index in [9.17, 15) is 0 Å². The minimum Gasteiger partial charge on any atom is -0.290 e. The van der Waals surface area contributed by atoms with E-state index in [4.69, 9.17) is 9.98 Å². The van der Waals surface area contributed by atoms with Crippen LogP contribution >= 0.6 is 0 Å². The average Bonchev–Trinajstić information content (AvgIpc) is 2.61. The van der Waals surface area contributed by atoms with Gasteiger partial charge in [0.2, 0.25) is 0 Å². The molecule has 1 aliphatic rings. The molecule has 3 aromatic rings. The Labute approximate surface area is 175 Å². The molecule has 3 aromatic carbocycles. The zero-order valence-electron chi connectivity index (χ0n) is 15.8. The van der Waals surface area contributed by atoms with Crippen molar-refractivity contribution in [2.45, 2.75) is 27.7 Å². The van der Waals surface area contributed by atoms with Crippen molar-refractivity contribution in [3.8, 4) is 11.1 Å². The van der Waals surface area contributed by atoms with Crippen molar-refractivity contribution >= 4 is 22.8 Å². The number of hydrogen-bond acceptors (Lipinski definition) is 2. The van der Waals surface area contributed by atoms with Crippen LogP contribution in [-0.4, -0.2) is 11.4 Å². The number of benzene rings is 3. The maximum absolute atomic E-state index is 4.85. The Morgan fingerprint density at radius 2 is 0.963 bits per heavy atom. The number of fused-ring (bicyclic) bond motifs is 6. The van der Waals surface area contributed by atoms with Gasteiger partial charge in [-0.15, -0.1) is 34.4 Å². The molecule has 0 aromatic heterocycles. The zero-order valence-corrected chi connectivity index (χ0v) is 18.1. The molecule has 3 heteroatoms. The van der Waals surface area contributed by atoms with Gasteiger partial charge in [-0.1, -0.05) is 26.0 Å². The maximum atomic E-state index is 4.85. The Bertz CT molecular complexity index is 991. The second-order valence-electron chi connectivity index (χ2n) is 6.85. The molecule has 0 unspecified atom stereocenters. The summed E-state index contributed by atoms with van der Waals surface area (Å²) in [7, 11) is 0. The zero-order chi connectivity index (χ0) is 18.3. The average molecular weight is 532 g/mol. The predicted molar refractivity (Wildman–Crippen MR) is 109 cm³/mol. The molecule has 4 rings (SSSR count). The second kappa shape index (κ2) is 7.74. The summed E-state index contributed by atoms with van der Waals surface area (Å²) >= 11 is 0. The number of hydrogen-bond donors (Lipinski definition) is 0. The largest absolute Gasteiger partial charge is 2.00 e. The Hall–Kier alpha value is -2.31. The smallest absolute Gasteiger partial charge is 0.290 e. The third-order valence-electron chi connectivity index (χ3n) is 4.55. The van der Waals surface area contributed by atoms with Gasteiger partial charge in [0, 0.05) is 0 Å². The van der Waals surface area contributed by atoms with Crippen LogP contribution in [0.2, 0.25) is 0 Å². The topological polar surface area (TPSA) is 24.7 Å². The first-order valence-corrected chi connectivity index (χ1v) is 8.78. The molecule has 4 bridgehead atoms. The van der Waals surface area contributed by atoms with Gasteiger partial charge in [0.25, 0.3) is 0 Å². The van der Waals surface area contributed by atoms with Crippen LogP contribution in [0.15, 0.2) is 58.5 Å². The van der Waals surface area contributed by atoms with E-state index in [0.29, 0.717) is 0 Å². The number of aliphatic imine (C=N–C) groups is 2. The second-order valence-corrected chi connectivity index (χ2v) is 6.85. The molecule has 0 saturated heterocycles. The quantitative estimate of drug-likeness (QED) is 0.311. The third-order valence-corrected chi connectivity index (χ3v) is 4.55. The van der Waals surface area contributed by atoms with E-state index < -0.39 is 0 Å². The summed E-state index contributed by atoms with van der Waals surface area (Å²) in [6.45, 7) is 8.27. The molecule has 0 fully saturated rings. The molecule has 0 amide bonds. The summed E-state index contributed by atoms with van der Waals surface area (Å²) in [5.74, 6) is 0. The van der Waals surface area contributed by atoms with Crippen LogP contribution in [0.4, 0.5) is 11.4 Å². The van der Waals surface area contributed by atoms with Gasteiger partial charge < -0.3 is 0 Å². The molecule has 0 radical (unpaired) electrons. The van der Waals surface area contributed by atoms with Crippen molar-refractivity contribution < 1.29 is 21.1 Å². The van der Waals surface area contributed by atoms with Crippen molar-refractivity contribution in [3.63, 3.8) is 0 Å². The minimum absolute atomic E-state index is 0. The summed E-state index contributed by atoms with van der Waals surface area (Å²) < 4.78 is 0. The van der Waals surface area contributed by atoms with Crippen molar-refractivity contribution in [2.75, 3.05) is 0 Å². The van der Waals surface area contributed by atoms with E-state index in [-0.39, 0.29) is 21.1 Å². The van der Waals surface area contributed by atoms with Crippen molar-refractivity contribution in [1.29, 1.82) is 0 Å². The summed E-state index contributed by atoms with van der Waals surface area (Å²) in [6, 6.07) is 23.6. The van der Waals surface area contributed by atoms with Gasteiger partial charge in [-0.2, -0.15) is 35.4 Å². The molecule has 0 spiro atoms. The van der Waals surface area contributed by atoms with Crippen LogP contribution in [0, 0.1) is 26.0 Å². The normalized spacial score (nSPS) is 12.6. The molecule has 27 heavy (non-hydrogen) atoms. The number of nitrogens with zero attached hydrogens (tertiary/aromatic N) is 2. The molecule has 1 heterocycles. The molecule has 2 nitrogen and oxygen atoms in total. The van der Waals surface area contributed by atoms with Crippen molar-refractivity contribution in [2.24, 2.45) is 9.98 Å². The maximum Gasteiger partial charge on any atom is 2.00 e. The fourth-order valence-corrected chi connectivity index (χ4v) is 3.24. The van der Waals surface area contributed by atoms with E-state index >= 15 is 0 Å². The van der Waals surface area contributed by atoms with Gasteiger partial charge in [0.1, 0.15) is 0 Å². The van der Waals surface area contributed by atoms with Gasteiger partial charge in [0.15, 0.2) is 0 Å². The van der Waals surface area contributed by atoms with Crippen LogP contribution in [0.1, 0.15) is 36.1 Å². The minimum atomic E-state index is 0. The molecular formula is C24H20N2Pt. The monoisotopic (exact) mass is 531 g/mol. The van der Waals surface area contributed by atoms with Crippen LogP contribution in [-0.2, 0) is 21.1 Å². The molecule has 136 valence electrons. The fraction of sp³-hybridized carbons (Fsp3) is 0.167. The van der Waals surface area contributed by atoms with Crippen LogP contribution in [0.25, 0.3) is 11.1 Å². The molecule has 0 saturated carbocycles. The van der Waals surface area contributed by atoms with Crippen LogP contribution < -0.4 is 0 Å². The van der Waals surface area contributed by atoms with E-state index in [0.717, 1.165) is 45.1 Å². The molecular weight excluding hydrogens is 511 g/mol. The van der Waals surface area contributed by atoms with Gasteiger partial charge in [-0.3, -0.25) is 9.98 Å². The van der Waals surface area contributed by atoms with Gasteiger partial charge >= 0.3 is 21.1 Å².